The second-order valence-electron chi connectivity index (χ2n) is 4.75. The molecule has 0 saturated carbocycles. The summed E-state index contributed by atoms with van der Waals surface area (Å²) in [5.74, 6) is -1.06. The van der Waals surface area contributed by atoms with E-state index in [1.54, 1.807) is 0 Å². The summed E-state index contributed by atoms with van der Waals surface area (Å²) in [5, 5.41) is 8.44. The van der Waals surface area contributed by atoms with Crippen LogP contribution in [0.5, 0.6) is 0 Å². The number of nitrogens with zero attached hydrogens (tertiary/aromatic N) is 1. The van der Waals surface area contributed by atoms with Gasteiger partial charge in [-0.3, -0.25) is 9.69 Å². The predicted octanol–water partition coefficient (Wildman–Crippen LogP) is 1.28. The van der Waals surface area contributed by atoms with E-state index in [2.05, 4.69) is 0 Å². The molecule has 0 aliphatic carbocycles. The maximum atomic E-state index is 13.5. The van der Waals surface area contributed by atoms with E-state index in [1.807, 2.05) is 25.7 Å². The van der Waals surface area contributed by atoms with Crippen molar-refractivity contribution in [2.45, 2.75) is 38.4 Å². The van der Waals surface area contributed by atoms with Gasteiger partial charge < -0.3 is 5.11 Å². The Balaban J connectivity index is 2.43. The van der Waals surface area contributed by atoms with Gasteiger partial charge in [-0.25, -0.2) is 4.39 Å². The minimum atomic E-state index is -1.50. The number of hydrogen-bond donors (Lipinski definition) is 1. The monoisotopic (exact) mass is 189 g/mol. The lowest BCUT2D eigenvalue weighted by atomic mass is 9.87. The summed E-state index contributed by atoms with van der Waals surface area (Å²) in [6, 6.07) is 0. The fourth-order valence-electron chi connectivity index (χ4n) is 1.49. The van der Waals surface area contributed by atoms with Crippen molar-refractivity contribution in [3.8, 4) is 0 Å². The molecule has 0 aromatic rings. The third kappa shape index (κ3) is 2.40. The Kier molecular flexibility index (Phi) is 2.36. The average molecular weight is 189 g/mol. The highest BCUT2D eigenvalue weighted by atomic mass is 19.1. The van der Waals surface area contributed by atoms with E-state index in [4.69, 9.17) is 5.11 Å². The molecule has 3 nitrogen and oxygen atoms in total. The zero-order valence-electron chi connectivity index (χ0n) is 8.30. The topological polar surface area (TPSA) is 40.5 Å². The van der Waals surface area contributed by atoms with Crippen molar-refractivity contribution < 1.29 is 14.3 Å². The van der Waals surface area contributed by atoms with E-state index in [0.29, 0.717) is 0 Å². The molecule has 0 aromatic heterocycles. The number of aliphatic carboxylic acids is 1. The van der Waals surface area contributed by atoms with Crippen molar-refractivity contribution in [3.63, 3.8) is 0 Å². The first-order valence-corrected chi connectivity index (χ1v) is 4.39. The van der Waals surface area contributed by atoms with Crippen molar-refractivity contribution in [1.82, 2.24) is 4.90 Å². The number of carboxylic acid groups (broad SMARTS) is 1. The fourth-order valence-corrected chi connectivity index (χ4v) is 1.49. The van der Waals surface area contributed by atoms with Gasteiger partial charge in [-0.15, -0.1) is 0 Å². The van der Waals surface area contributed by atoms with E-state index in [-0.39, 0.29) is 25.0 Å². The Morgan fingerprint density at radius 3 is 2.31 bits per heavy atom. The highest BCUT2D eigenvalue weighted by molar-refractivity contribution is 5.68. The predicted molar refractivity (Wildman–Crippen MR) is 47.4 cm³/mol. The van der Waals surface area contributed by atoms with Crippen molar-refractivity contribution in [3.05, 3.63) is 0 Å². The molecule has 1 fully saturated rings. The van der Waals surface area contributed by atoms with Crippen LogP contribution in [0.2, 0.25) is 0 Å². The lowest BCUT2D eigenvalue weighted by molar-refractivity contribution is -0.148. The summed E-state index contributed by atoms with van der Waals surface area (Å²) in [6.45, 7) is 6.46. The molecule has 0 bridgehead atoms. The Morgan fingerprint density at radius 1 is 1.54 bits per heavy atom. The largest absolute Gasteiger partial charge is 0.481 e. The Morgan fingerprint density at radius 2 is 2.00 bits per heavy atom. The van der Waals surface area contributed by atoms with Crippen LogP contribution in [0, 0.1) is 0 Å². The Hall–Kier alpha value is -0.640. The van der Waals surface area contributed by atoms with E-state index in [1.165, 1.54) is 0 Å². The summed E-state index contributed by atoms with van der Waals surface area (Å²) in [6.07, 6.45) is -0.375. The molecule has 76 valence electrons. The van der Waals surface area contributed by atoms with Crippen LogP contribution in [0.1, 0.15) is 27.2 Å². The van der Waals surface area contributed by atoms with E-state index < -0.39 is 11.6 Å². The minimum Gasteiger partial charge on any atom is -0.481 e. The maximum absolute atomic E-state index is 13.5. The highest BCUT2D eigenvalue weighted by Gasteiger charge is 2.48. The van der Waals surface area contributed by atoms with E-state index in [0.717, 1.165) is 0 Å². The summed E-state index contributed by atoms with van der Waals surface area (Å²) in [7, 11) is 0. The van der Waals surface area contributed by atoms with Crippen molar-refractivity contribution >= 4 is 5.97 Å². The second kappa shape index (κ2) is 2.94. The molecule has 4 heteroatoms. The molecule has 0 atom stereocenters. The smallest absolute Gasteiger partial charge is 0.306 e. The minimum absolute atomic E-state index is 0.0614. The average Bonchev–Trinajstić information content (AvgIpc) is 1.78. The molecule has 0 aromatic carbocycles. The molecular weight excluding hydrogens is 173 g/mol. The third-order valence-corrected chi connectivity index (χ3v) is 2.37. The molecule has 1 aliphatic heterocycles. The lowest BCUT2D eigenvalue weighted by Crippen LogP contribution is -2.65. The molecule has 1 saturated heterocycles. The van der Waals surface area contributed by atoms with Gasteiger partial charge in [0, 0.05) is 18.6 Å². The summed E-state index contributed by atoms with van der Waals surface area (Å²) >= 11 is 0. The molecule has 0 spiro atoms. The van der Waals surface area contributed by atoms with Crippen LogP contribution in [-0.4, -0.2) is 40.3 Å². The van der Waals surface area contributed by atoms with Gasteiger partial charge in [0.1, 0.15) is 5.67 Å². The Labute approximate surface area is 77.5 Å². The van der Waals surface area contributed by atoms with Crippen LogP contribution >= 0.6 is 0 Å². The second-order valence-corrected chi connectivity index (χ2v) is 4.75. The summed E-state index contributed by atoms with van der Waals surface area (Å²) in [5.41, 5.74) is -1.56. The highest BCUT2D eigenvalue weighted by Crippen LogP contribution is 2.33. The number of carbonyl (C=O) groups is 1. The van der Waals surface area contributed by atoms with Gasteiger partial charge in [0.15, 0.2) is 0 Å². The zero-order chi connectivity index (χ0) is 10.3. The molecule has 0 radical (unpaired) electrons. The van der Waals surface area contributed by atoms with Gasteiger partial charge in [-0.1, -0.05) is 0 Å². The number of hydrogen-bond acceptors (Lipinski definition) is 2. The number of halogens is 1. The van der Waals surface area contributed by atoms with Gasteiger partial charge in [0.05, 0.1) is 6.42 Å². The van der Waals surface area contributed by atoms with Crippen LogP contribution < -0.4 is 0 Å². The van der Waals surface area contributed by atoms with Gasteiger partial charge >= 0.3 is 5.97 Å². The molecule has 0 amide bonds. The zero-order valence-corrected chi connectivity index (χ0v) is 8.30. The molecule has 0 unspecified atom stereocenters. The van der Waals surface area contributed by atoms with Crippen LogP contribution in [0.25, 0.3) is 0 Å². The molecule has 13 heavy (non-hydrogen) atoms. The van der Waals surface area contributed by atoms with Crippen molar-refractivity contribution in [1.29, 1.82) is 0 Å². The molecule has 1 aliphatic rings. The number of carboxylic acids is 1. The Bertz CT molecular complexity index is 216. The maximum Gasteiger partial charge on any atom is 0.306 e. The van der Waals surface area contributed by atoms with Crippen LogP contribution in [0.15, 0.2) is 0 Å². The van der Waals surface area contributed by atoms with Gasteiger partial charge in [0.2, 0.25) is 0 Å². The fraction of sp³-hybridized carbons (Fsp3) is 0.889. The first-order valence-electron chi connectivity index (χ1n) is 4.39. The lowest BCUT2D eigenvalue weighted by Gasteiger charge is -2.50. The van der Waals surface area contributed by atoms with E-state index >= 15 is 0 Å². The first kappa shape index (κ1) is 10.4. The molecule has 1 rings (SSSR count). The van der Waals surface area contributed by atoms with E-state index in [9.17, 15) is 9.18 Å². The van der Waals surface area contributed by atoms with Gasteiger partial charge in [-0.2, -0.15) is 0 Å². The molecule has 1 heterocycles. The summed E-state index contributed by atoms with van der Waals surface area (Å²) < 4.78 is 13.5. The normalized spacial score (nSPS) is 22.5. The summed E-state index contributed by atoms with van der Waals surface area (Å²) in [4.78, 5) is 12.2. The van der Waals surface area contributed by atoms with Gasteiger partial charge in [0.25, 0.3) is 0 Å². The molecular formula is C9H16FNO2. The SMILES string of the molecule is CC(C)(C)N1CC(F)(CC(=O)O)C1. The quantitative estimate of drug-likeness (QED) is 0.711. The molecule has 1 N–H and O–H groups in total. The van der Waals surface area contributed by atoms with Crippen LogP contribution in [-0.2, 0) is 4.79 Å². The van der Waals surface area contributed by atoms with Crippen molar-refractivity contribution in [2.75, 3.05) is 13.1 Å². The van der Waals surface area contributed by atoms with Crippen molar-refractivity contribution in [2.24, 2.45) is 0 Å². The number of alkyl halides is 1. The van der Waals surface area contributed by atoms with Gasteiger partial charge in [-0.05, 0) is 20.8 Å². The number of likely N-dealkylation sites (tertiary alicyclic amines) is 1. The van der Waals surface area contributed by atoms with Crippen LogP contribution in [0.4, 0.5) is 4.39 Å². The number of rotatable bonds is 2. The first-order chi connectivity index (χ1) is 5.73. The van der Waals surface area contributed by atoms with Crippen LogP contribution in [0.3, 0.4) is 0 Å². The third-order valence-electron chi connectivity index (χ3n) is 2.37. The standard InChI is InChI=1S/C9H16FNO2/c1-8(2,3)11-5-9(10,6-11)4-7(12)13/h4-6H2,1-3H3,(H,12,13).